The first-order chi connectivity index (χ1) is 13.8. The van der Waals surface area contributed by atoms with Gasteiger partial charge in [0.05, 0.1) is 11.7 Å². The highest BCUT2D eigenvalue weighted by Crippen LogP contribution is 2.34. The highest BCUT2D eigenvalue weighted by atomic mass is 19.1. The largest absolute Gasteiger partial charge is 0.486 e. The zero-order chi connectivity index (χ0) is 18.9. The summed E-state index contributed by atoms with van der Waals surface area (Å²) in [6.45, 7) is 2.58. The molecule has 0 N–H and O–H groups in total. The van der Waals surface area contributed by atoms with Crippen LogP contribution in [0, 0.1) is 5.82 Å². The predicted molar refractivity (Wildman–Crippen MR) is 103 cm³/mol. The number of fused-ring (bicyclic) bond motifs is 2. The van der Waals surface area contributed by atoms with E-state index in [0.29, 0.717) is 18.6 Å². The molecule has 2 aliphatic rings. The molecule has 0 spiro atoms. The molecule has 0 saturated carbocycles. The molecule has 146 valence electrons. The molecule has 6 heteroatoms. The smallest absolute Gasteiger partial charge is 0.170 e. The molecule has 0 aliphatic carbocycles. The molecule has 3 aromatic rings. The molecule has 0 radical (unpaired) electrons. The average molecular weight is 382 g/mol. The second-order valence-electron chi connectivity index (χ2n) is 7.55. The molecular weight excluding hydrogens is 359 g/mol. The van der Waals surface area contributed by atoms with Crippen molar-refractivity contribution in [1.82, 2.24) is 10.1 Å². The van der Waals surface area contributed by atoms with Crippen molar-refractivity contribution in [2.75, 3.05) is 19.7 Å². The highest BCUT2D eigenvalue weighted by Gasteiger charge is 2.35. The third kappa shape index (κ3) is 3.33. The van der Waals surface area contributed by atoms with E-state index in [4.69, 9.17) is 14.0 Å². The Labute approximate surface area is 163 Å². The maximum absolute atomic E-state index is 13.5. The number of rotatable bonds is 4. The Balaban J connectivity index is 1.44. The van der Waals surface area contributed by atoms with E-state index in [0.717, 1.165) is 35.7 Å². The molecule has 2 aliphatic heterocycles. The number of hydrogen-bond donors (Lipinski definition) is 0. The van der Waals surface area contributed by atoms with Crippen molar-refractivity contribution in [2.24, 2.45) is 0 Å². The summed E-state index contributed by atoms with van der Waals surface area (Å²) in [5.41, 5.74) is 1.33. The number of piperidine rings is 1. The highest BCUT2D eigenvalue weighted by molar-refractivity contribution is 5.79. The van der Waals surface area contributed by atoms with E-state index in [1.807, 2.05) is 24.3 Å². The molecule has 5 rings (SSSR count). The van der Waals surface area contributed by atoms with Gasteiger partial charge in [-0.25, -0.2) is 4.39 Å². The topological polar surface area (TPSA) is 47.7 Å². The first-order valence-electron chi connectivity index (χ1n) is 9.94. The van der Waals surface area contributed by atoms with Crippen LogP contribution < -0.4 is 9.47 Å². The number of hydrogen-bond acceptors (Lipinski definition) is 5. The Morgan fingerprint density at radius 1 is 1.07 bits per heavy atom. The lowest BCUT2D eigenvalue weighted by Gasteiger charge is -2.40. The first-order valence-corrected chi connectivity index (χ1v) is 9.94. The van der Waals surface area contributed by atoms with Crippen LogP contribution in [0.25, 0.3) is 11.0 Å². The van der Waals surface area contributed by atoms with Gasteiger partial charge in [0.1, 0.15) is 18.5 Å². The molecule has 0 bridgehead atoms. The number of nitrogens with zero attached hydrogens (tertiary/aromatic N) is 2. The van der Waals surface area contributed by atoms with E-state index in [2.05, 4.69) is 10.1 Å². The molecule has 2 aromatic carbocycles. The average Bonchev–Trinajstić information content (AvgIpc) is 3.14. The van der Waals surface area contributed by atoms with Crippen molar-refractivity contribution in [1.29, 1.82) is 0 Å². The SMILES string of the molecule is Fc1ccc2c(CC(C3COc4ccccc4O3)N3CCCCC3)noc2c1. The van der Waals surface area contributed by atoms with Crippen LogP contribution in [0.2, 0.25) is 0 Å². The standard InChI is InChI=1S/C22H23FN2O3/c23-15-8-9-16-17(24-28-21(16)12-15)13-18(25-10-4-1-5-11-25)22-14-26-19-6-2-3-7-20(19)27-22/h2-3,6-9,12,18,22H,1,4-5,10-11,13-14H2. The molecule has 1 saturated heterocycles. The Morgan fingerprint density at radius 3 is 2.75 bits per heavy atom. The van der Waals surface area contributed by atoms with Gasteiger partial charge in [0.2, 0.25) is 0 Å². The fourth-order valence-electron chi connectivity index (χ4n) is 4.28. The zero-order valence-electron chi connectivity index (χ0n) is 15.6. The molecule has 2 atom stereocenters. The van der Waals surface area contributed by atoms with Gasteiger partial charge in [0, 0.05) is 17.9 Å². The summed E-state index contributed by atoms with van der Waals surface area (Å²) in [5, 5.41) is 5.11. The minimum atomic E-state index is -0.316. The van der Waals surface area contributed by atoms with Crippen LogP contribution in [-0.4, -0.2) is 41.9 Å². The Bertz CT molecular complexity index is 967. The molecule has 5 nitrogen and oxygen atoms in total. The second kappa shape index (κ2) is 7.43. The molecule has 3 heterocycles. The molecular formula is C22H23FN2O3. The van der Waals surface area contributed by atoms with Gasteiger partial charge in [-0.05, 0) is 50.2 Å². The molecule has 28 heavy (non-hydrogen) atoms. The zero-order valence-corrected chi connectivity index (χ0v) is 15.6. The van der Waals surface area contributed by atoms with Gasteiger partial charge in [0.25, 0.3) is 0 Å². The summed E-state index contributed by atoms with van der Waals surface area (Å²) < 4.78 is 31.2. The van der Waals surface area contributed by atoms with Gasteiger partial charge >= 0.3 is 0 Å². The van der Waals surface area contributed by atoms with Crippen LogP contribution in [0.1, 0.15) is 25.0 Å². The van der Waals surface area contributed by atoms with Crippen LogP contribution >= 0.6 is 0 Å². The Morgan fingerprint density at radius 2 is 1.89 bits per heavy atom. The fourth-order valence-corrected chi connectivity index (χ4v) is 4.28. The van der Waals surface area contributed by atoms with Crippen molar-refractivity contribution in [3.05, 3.63) is 54.0 Å². The predicted octanol–water partition coefficient (Wildman–Crippen LogP) is 4.20. The maximum atomic E-state index is 13.5. The van der Waals surface area contributed by atoms with Crippen LogP contribution in [-0.2, 0) is 6.42 Å². The lowest BCUT2D eigenvalue weighted by Crippen LogP contribution is -2.52. The number of para-hydroxylation sites is 2. The summed E-state index contributed by atoms with van der Waals surface area (Å²) in [6, 6.07) is 12.5. The van der Waals surface area contributed by atoms with E-state index in [-0.39, 0.29) is 18.0 Å². The van der Waals surface area contributed by atoms with Gasteiger partial charge in [-0.1, -0.05) is 23.7 Å². The minimum Gasteiger partial charge on any atom is -0.486 e. The molecule has 1 aromatic heterocycles. The van der Waals surface area contributed by atoms with Gasteiger partial charge in [-0.2, -0.15) is 0 Å². The Hall–Kier alpha value is -2.60. The van der Waals surface area contributed by atoms with Crippen molar-refractivity contribution in [3.63, 3.8) is 0 Å². The fraction of sp³-hybridized carbons (Fsp3) is 0.409. The van der Waals surface area contributed by atoms with Gasteiger partial charge < -0.3 is 14.0 Å². The summed E-state index contributed by atoms with van der Waals surface area (Å²) in [5.74, 6) is 1.26. The summed E-state index contributed by atoms with van der Waals surface area (Å²) in [7, 11) is 0. The van der Waals surface area contributed by atoms with E-state index < -0.39 is 0 Å². The minimum absolute atomic E-state index is 0.0970. The summed E-state index contributed by atoms with van der Waals surface area (Å²) in [6.07, 6.45) is 4.21. The normalized spacial score (nSPS) is 21.0. The van der Waals surface area contributed by atoms with E-state index in [1.54, 1.807) is 6.07 Å². The number of halogens is 1. The van der Waals surface area contributed by atoms with Crippen molar-refractivity contribution in [3.8, 4) is 11.5 Å². The van der Waals surface area contributed by atoms with Crippen molar-refractivity contribution < 1.29 is 18.4 Å². The van der Waals surface area contributed by atoms with Gasteiger partial charge in [-0.3, -0.25) is 4.90 Å². The summed E-state index contributed by atoms with van der Waals surface area (Å²) >= 11 is 0. The van der Waals surface area contributed by atoms with Crippen LogP contribution in [0.5, 0.6) is 11.5 Å². The van der Waals surface area contributed by atoms with Crippen molar-refractivity contribution in [2.45, 2.75) is 37.8 Å². The van der Waals surface area contributed by atoms with Crippen molar-refractivity contribution >= 4 is 11.0 Å². The summed E-state index contributed by atoms with van der Waals surface area (Å²) in [4.78, 5) is 2.48. The van der Waals surface area contributed by atoms with Crippen LogP contribution in [0.4, 0.5) is 4.39 Å². The quantitative estimate of drug-likeness (QED) is 0.677. The monoisotopic (exact) mass is 382 g/mol. The maximum Gasteiger partial charge on any atom is 0.170 e. The third-order valence-corrected chi connectivity index (χ3v) is 5.73. The second-order valence-corrected chi connectivity index (χ2v) is 7.55. The van der Waals surface area contributed by atoms with Gasteiger partial charge in [0.15, 0.2) is 17.1 Å². The van der Waals surface area contributed by atoms with Gasteiger partial charge in [-0.15, -0.1) is 0 Å². The third-order valence-electron chi connectivity index (χ3n) is 5.73. The Kier molecular flexibility index (Phi) is 4.64. The first kappa shape index (κ1) is 17.5. The number of likely N-dealkylation sites (tertiary alicyclic amines) is 1. The molecule has 2 unspecified atom stereocenters. The lowest BCUT2D eigenvalue weighted by atomic mass is 9.98. The molecule has 1 fully saturated rings. The molecule has 0 amide bonds. The number of aromatic nitrogens is 1. The van der Waals surface area contributed by atoms with E-state index in [1.165, 1.54) is 31.4 Å². The lowest BCUT2D eigenvalue weighted by molar-refractivity contribution is 0.00630. The van der Waals surface area contributed by atoms with E-state index in [9.17, 15) is 4.39 Å². The van der Waals surface area contributed by atoms with Crippen LogP contribution in [0.15, 0.2) is 47.0 Å². The van der Waals surface area contributed by atoms with Crippen LogP contribution in [0.3, 0.4) is 0 Å². The number of ether oxygens (including phenoxy) is 2. The van der Waals surface area contributed by atoms with E-state index >= 15 is 0 Å². The number of benzene rings is 2.